The molecule has 1 amide bonds. The molecule has 22 heavy (non-hydrogen) atoms. The first-order chi connectivity index (χ1) is 10.5. The van der Waals surface area contributed by atoms with Gasteiger partial charge in [0, 0.05) is 30.1 Å². The number of amides is 1. The predicted octanol–water partition coefficient (Wildman–Crippen LogP) is 3.03. The first-order valence-corrected chi connectivity index (χ1v) is 6.64. The van der Waals surface area contributed by atoms with E-state index in [1.165, 1.54) is 24.4 Å². The quantitative estimate of drug-likeness (QED) is 0.676. The van der Waals surface area contributed by atoms with Crippen molar-refractivity contribution in [3.8, 4) is 5.88 Å². The summed E-state index contributed by atoms with van der Waals surface area (Å²) in [4.78, 5) is 26.3. The lowest BCUT2D eigenvalue weighted by molar-refractivity contribution is -0.384. The van der Waals surface area contributed by atoms with E-state index in [2.05, 4.69) is 10.3 Å². The number of hydrogen-bond acceptors (Lipinski definition) is 5. The van der Waals surface area contributed by atoms with Gasteiger partial charge in [-0.15, -0.1) is 0 Å². The van der Waals surface area contributed by atoms with Crippen LogP contribution in [-0.2, 0) is 0 Å². The van der Waals surface area contributed by atoms with E-state index in [9.17, 15) is 14.9 Å². The van der Waals surface area contributed by atoms with Crippen molar-refractivity contribution in [2.24, 2.45) is 0 Å². The highest BCUT2D eigenvalue weighted by molar-refractivity contribution is 6.04. The van der Waals surface area contributed by atoms with Crippen molar-refractivity contribution in [1.82, 2.24) is 4.98 Å². The monoisotopic (exact) mass is 301 g/mol. The van der Waals surface area contributed by atoms with Gasteiger partial charge in [0.05, 0.1) is 16.6 Å². The van der Waals surface area contributed by atoms with Crippen molar-refractivity contribution in [2.45, 2.75) is 20.0 Å². The molecule has 0 spiro atoms. The van der Waals surface area contributed by atoms with Crippen molar-refractivity contribution in [2.75, 3.05) is 5.32 Å². The Bertz CT molecular complexity index is 683. The minimum atomic E-state index is -0.519. The molecule has 1 N–H and O–H groups in total. The molecule has 0 atom stereocenters. The normalized spacial score (nSPS) is 10.3. The van der Waals surface area contributed by atoms with Gasteiger partial charge in [-0.1, -0.05) is 6.07 Å². The van der Waals surface area contributed by atoms with Crippen LogP contribution in [-0.4, -0.2) is 21.9 Å². The van der Waals surface area contributed by atoms with Crippen LogP contribution in [0.5, 0.6) is 5.88 Å². The summed E-state index contributed by atoms with van der Waals surface area (Å²) >= 11 is 0. The zero-order valence-electron chi connectivity index (χ0n) is 12.1. The van der Waals surface area contributed by atoms with Gasteiger partial charge in [0.25, 0.3) is 11.6 Å². The number of nitrogens with zero attached hydrogens (tertiary/aromatic N) is 2. The number of non-ortho nitro benzene ring substituents is 1. The Morgan fingerprint density at radius 1 is 1.32 bits per heavy atom. The molecule has 0 unspecified atom stereocenters. The molecule has 0 saturated carbocycles. The molecule has 0 radical (unpaired) electrons. The maximum atomic E-state index is 12.1. The van der Waals surface area contributed by atoms with Gasteiger partial charge in [0.15, 0.2) is 0 Å². The van der Waals surface area contributed by atoms with Crippen LogP contribution in [0.25, 0.3) is 0 Å². The van der Waals surface area contributed by atoms with Crippen molar-refractivity contribution in [1.29, 1.82) is 0 Å². The molecule has 7 nitrogen and oxygen atoms in total. The number of benzene rings is 1. The van der Waals surface area contributed by atoms with Gasteiger partial charge < -0.3 is 10.1 Å². The highest BCUT2D eigenvalue weighted by atomic mass is 16.6. The molecule has 1 aromatic heterocycles. The summed E-state index contributed by atoms with van der Waals surface area (Å²) in [5, 5.41) is 13.3. The third-order valence-electron chi connectivity index (χ3n) is 2.67. The van der Waals surface area contributed by atoms with E-state index in [1.54, 1.807) is 18.2 Å². The van der Waals surface area contributed by atoms with Crippen molar-refractivity contribution in [3.63, 3.8) is 0 Å². The van der Waals surface area contributed by atoms with E-state index in [0.717, 1.165) is 0 Å². The fourth-order valence-electron chi connectivity index (χ4n) is 1.73. The second kappa shape index (κ2) is 6.66. The zero-order valence-corrected chi connectivity index (χ0v) is 12.1. The topological polar surface area (TPSA) is 94.4 Å². The number of rotatable bonds is 5. The fourth-order valence-corrected chi connectivity index (χ4v) is 1.73. The summed E-state index contributed by atoms with van der Waals surface area (Å²) in [6, 6.07) is 8.91. The summed E-state index contributed by atoms with van der Waals surface area (Å²) in [5.41, 5.74) is 0.598. The van der Waals surface area contributed by atoms with Crippen LogP contribution in [0.3, 0.4) is 0 Å². The molecule has 7 heteroatoms. The van der Waals surface area contributed by atoms with E-state index in [4.69, 9.17) is 4.74 Å². The molecule has 2 aromatic rings. The predicted molar refractivity (Wildman–Crippen MR) is 81.1 cm³/mol. The fraction of sp³-hybridized carbons (Fsp3) is 0.200. The number of nitro benzene ring substituents is 1. The largest absolute Gasteiger partial charge is 0.475 e. The molecule has 2 rings (SSSR count). The van der Waals surface area contributed by atoms with Crippen molar-refractivity contribution >= 4 is 17.3 Å². The van der Waals surface area contributed by atoms with Crippen molar-refractivity contribution < 1.29 is 14.5 Å². The number of nitrogens with one attached hydrogen (secondary N) is 1. The number of pyridine rings is 1. The second-order valence-corrected chi connectivity index (χ2v) is 4.81. The van der Waals surface area contributed by atoms with Gasteiger partial charge in [-0.05, 0) is 26.0 Å². The zero-order chi connectivity index (χ0) is 16.1. The lowest BCUT2D eigenvalue weighted by Gasteiger charge is -2.09. The lowest BCUT2D eigenvalue weighted by Crippen LogP contribution is -2.13. The van der Waals surface area contributed by atoms with Crippen LogP contribution < -0.4 is 10.1 Å². The molecule has 114 valence electrons. The maximum absolute atomic E-state index is 12.1. The van der Waals surface area contributed by atoms with Gasteiger partial charge in [0.2, 0.25) is 5.88 Å². The first-order valence-electron chi connectivity index (χ1n) is 6.64. The first kappa shape index (κ1) is 15.4. The van der Waals surface area contributed by atoms with Gasteiger partial charge in [0.1, 0.15) is 0 Å². The molecule has 0 aliphatic heterocycles. The SMILES string of the molecule is CC(C)Oc1ccc(C(=O)Nc2cccc([N+](=O)[O-])c2)cn1. The van der Waals surface area contributed by atoms with Crippen LogP contribution in [0, 0.1) is 10.1 Å². The van der Waals surface area contributed by atoms with Crippen LogP contribution in [0.15, 0.2) is 42.6 Å². The number of carbonyl (C=O) groups is 1. The van der Waals surface area contributed by atoms with Crippen LogP contribution >= 0.6 is 0 Å². The maximum Gasteiger partial charge on any atom is 0.271 e. The molecular formula is C15H15N3O4. The van der Waals surface area contributed by atoms with Crippen LogP contribution in [0.2, 0.25) is 0 Å². The smallest absolute Gasteiger partial charge is 0.271 e. The van der Waals surface area contributed by atoms with E-state index < -0.39 is 10.8 Å². The summed E-state index contributed by atoms with van der Waals surface area (Å²) in [5.74, 6) is 0.0333. The lowest BCUT2D eigenvalue weighted by atomic mass is 10.2. The molecule has 0 saturated heterocycles. The molecular weight excluding hydrogens is 286 g/mol. The minimum Gasteiger partial charge on any atom is -0.475 e. The van der Waals surface area contributed by atoms with Crippen LogP contribution in [0.4, 0.5) is 11.4 Å². The van der Waals surface area contributed by atoms with Gasteiger partial charge in [-0.2, -0.15) is 0 Å². The van der Waals surface area contributed by atoms with E-state index in [0.29, 0.717) is 17.1 Å². The van der Waals surface area contributed by atoms with Crippen LogP contribution in [0.1, 0.15) is 24.2 Å². The van der Waals surface area contributed by atoms with Gasteiger partial charge in [-0.25, -0.2) is 4.98 Å². The Labute approximate surface area is 127 Å². The summed E-state index contributed by atoms with van der Waals surface area (Å²) in [6.45, 7) is 3.76. The molecule has 0 bridgehead atoms. The third-order valence-corrected chi connectivity index (χ3v) is 2.67. The Balaban J connectivity index is 2.08. The molecule has 0 fully saturated rings. The number of nitro groups is 1. The Morgan fingerprint density at radius 3 is 2.68 bits per heavy atom. The average molecular weight is 301 g/mol. The standard InChI is InChI=1S/C15H15N3O4/c1-10(2)22-14-7-6-11(9-16-14)15(19)17-12-4-3-5-13(8-12)18(20)21/h3-10H,1-2H3,(H,17,19). The summed E-state index contributed by atoms with van der Waals surface area (Å²) in [7, 11) is 0. The number of carbonyl (C=O) groups excluding carboxylic acids is 1. The number of ether oxygens (including phenoxy) is 1. The van der Waals surface area contributed by atoms with Gasteiger partial charge >= 0.3 is 0 Å². The number of anilines is 1. The Kier molecular flexibility index (Phi) is 4.67. The summed E-state index contributed by atoms with van der Waals surface area (Å²) < 4.78 is 5.39. The summed E-state index contributed by atoms with van der Waals surface area (Å²) in [6.07, 6.45) is 1.39. The molecule has 0 aliphatic carbocycles. The third kappa shape index (κ3) is 4.02. The number of aromatic nitrogens is 1. The highest BCUT2D eigenvalue weighted by Crippen LogP contribution is 2.18. The van der Waals surface area contributed by atoms with E-state index in [1.807, 2.05) is 13.8 Å². The number of hydrogen-bond donors (Lipinski definition) is 1. The minimum absolute atomic E-state index is 0.00274. The Hall–Kier alpha value is -2.96. The second-order valence-electron chi connectivity index (χ2n) is 4.81. The van der Waals surface area contributed by atoms with Crippen molar-refractivity contribution in [3.05, 3.63) is 58.3 Å². The molecule has 1 aromatic carbocycles. The molecule has 1 heterocycles. The van der Waals surface area contributed by atoms with E-state index in [-0.39, 0.29) is 11.8 Å². The Morgan fingerprint density at radius 2 is 2.09 bits per heavy atom. The van der Waals surface area contributed by atoms with Gasteiger partial charge in [-0.3, -0.25) is 14.9 Å². The molecule has 0 aliphatic rings. The average Bonchev–Trinajstić information content (AvgIpc) is 2.47. The van der Waals surface area contributed by atoms with E-state index >= 15 is 0 Å². The highest BCUT2D eigenvalue weighted by Gasteiger charge is 2.10.